The van der Waals surface area contributed by atoms with Crippen LogP contribution in [-0.4, -0.2) is 40.3 Å². The second-order valence-corrected chi connectivity index (χ2v) is 11.6. The number of nitrogens with zero attached hydrogens (tertiary/aromatic N) is 4. The van der Waals surface area contributed by atoms with Gasteiger partial charge in [-0.15, -0.1) is 0 Å². The zero-order valence-electron chi connectivity index (χ0n) is 22.5. The number of carbonyl (C=O) groups is 2. The molecular formula is C30H39N5O2. The topological polar surface area (TPSA) is 89.3 Å². The molecule has 37 heavy (non-hydrogen) atoms. The van der Waals surface area contributed by atoms with E-state index in [1.54, 1.807) is 28.3 Å². The zero-order valence-corrected chi connectivity index (χ0v) is 22.5. The van der Waals surface area contributed by atoms with Gasteiger partial charge >= 0.3 is 0 Å². The molecule has 1 N–H and O–H groups in total. The number of pyridine rings is 1. The number of nitriles is 1. The molecule has 0 bridgehead atoms. The van der Waals surface area contributed by atoms with Crippen LogP contribution >= 0.6 is 0 Å². The van der Waals surface area contributed by atoms with Crippen LogP contribution in [0, 0.1) is 17.4 Å². The number of benzene rings is 1. The summed E-state index contributed by atoms with van der Waals surface area (Å²) in [5.41, 5.74) is 2.38. The molecule has 196 valence electrons. The minimum atomic E-state index is -0.889. The molecule has 2 heterocycles. The fourth-order valence-corrected chi connectivity index (χ4v) is 5.56. The van der Waals surface area contributed by atoms with Gasteiger partial charge in [-0.1, -0.05) is 65.2 Å². The van der Waals surface area contributed by atoms with Crippen molar-refractivity contribution in [2.75, 3.05) is 11.4 Å². The Balaban J connectivity index is 1.78. The molecule has 4 rings (SSSR count). The van der Waals surface area contributed by atoms with Crippen LogP contribution in [0.5, 0.6) is 0 Å². The summed E-state index contributed by atoms with van der Waals surface area (Å²) in [4.78, 5) is 35.7. The van der Waals surface area contributed by atoms with Gasteiger partial charge in [-0.25, -0.2) is 0 Å². The summed E-state index contributed by atoms with van der Waals surface area (Å²) >= 11 is 0. The molecule has 1 aliphatic carbocycles. The lowest BCUT2D eigenvalue weighted by molar-refractivity contribution is -0.128. The Kier molecular flexibility index (Phi) is 8.16. The smallest absolute Gasteiger partial charge is 0.251 e. The molecule has 2 aromatic rings. The summed E-state index contributed by atoms with van der Waals surface area (Å²) in [6, 6.07) is 10.1. The summed E-state index contributed by atoms with van der Waals surface area (Å²) < 4.78 is 0. The second kappa shape index (κ2) is 11.3. The number of hydrogen-bond acceptors (Lipinski definition) is 5. The van der Waals surface area contributed by atoms with E-state index < -0.39 is 12.1 Å². The third kappa shape index (κ3) is 6.12. The van der Waals surface area contributed by atoms with Crippen LogP contribution in [0.3, 0.4) is 0 Å². The van der Waals surface area contributed by atoms with Crippen LogP contribution < -0.4 is 10.2 Å². The van der Waals surface area contributed by atoms with Crippen molar-refractivity contribution in [3.63, 3.8) is 0 Å². The van der Waals surface area contributed by atoms with Crippen LogP contribution in [0.4, 0.5) is 5.69 Å². The van der Waals surface area contributed by atoms with Crippen LogP contribution in [0.15, 0.2) is 48.8 Å². The minimum absolute atomic E-state index is 0.0486. The number of rotatable bonds is 6. The van der Waals surface area contributed by atoms with Crippen LogP contribution in [0.1, 0.15) is 83.4 Å². The van der Waals surface area contributed by atoms with E-state index in [9.17, 15) is 14.9 Å². The van der Waals surface area contributed by atoms with Crippen molar-refractivity contribution in [1.82, 2.24) is 15.2 Å². The number of anilines is 1. The van der Waals surface area contributed by atoms with E-state index in [0.29, 0.717) is 24.2 Å². The highest BCUT2D eigenvalue weighted by Crippen LogP contribution is 2.34. The first kappa shape index (κ1) is 26.7. The van der Waals surface area contributed by atoms with Gasteiger partial charge in [0.25, 0.3) is 5.91 Å². The normalized spacial score (nSPS) is 21.2. The third-order valence-electron chi connectivity index (χ3n) is 7.63. The number of hydrogen-bond donors (Lipinski definition) is 1. The summed E-state index contributed by atoms with van der Waals surface area (Å²) in [6.45, 7) is 9.02. The summed E-state index contributed by atoms with van der Waals surface area (Å²) in [6.07, 6.45) is 11.4. The third-order valence-corrected chi connectivity index (χ3v) is 7.63. The summed E-state index contributed by atoms with van der Waals surface area (Å²) in [5, 5.41) is 13.0. The second-order valence-electron chi connectivity index (χ2n) is 11.6. The molecule has 1 aromatic carbocycles. The van der Waals surface area contributed by atoms with Gasteiger partial charge in [0.1, 0.15) is 12.1 Å². The average molecular weight is 502 g/mol. The molecule has 1 aliphatic heterocycles. The molecule has 1 aromatic heterocycles. The van der Waals surface area contributed by atoms with E-state index in [1.807, 2.05) is 30.3 Å². The SMILES string of the molecule is C[C@@H]1C[C@H](C(=O)N(c2ccc(C(C)(C)C)cc2)[C@@H](C(=O)NC2CCCCC2)c2cccnc2)N(C#N)C1. The van der Waals surface area contributed by atoms with Crippen LogP contribution in [0.2, 0.25) is 0 Å². The van der Waals surface area contributed by atoms with Crippen molar-refractivity contribution in [1.29, 1.82) is 5.26 Å². The molecule has 1 saturated heterocycles. The standard InChI is InChI=1S/C30H39N5O2/c1-21-17-26(34(19-21)20-31)29(37)35(25-14-12-23(13-15-25)30(2,3)4)27(22-9-8-16-32-18-22)28(36)33-24-10-6-5-7-11-24/h8-9,12-16,18,21,24,26-27H,5-7,10-11,17,19H2,1-4H3,(H,33,36)/t21-,26-,27-/m1/s1. The molecule has 7 nitrogen and oxygen atoms in total. The van der Waals surface area contributed by atoms with Crippen molar-refractivity contribution >= 4 is 17.5 Å². The minimum Gasteiger partial charge on any atom is -0.351 e. The number of amides is 2. The first-order chi connectivity index (χ1) is 17.7. The van der Waals surface area contributed by atoms with Gasteiger partial charge < -0.3 is 5.32 Å². The fraction of sp³-hybridized carbons (Fsp3) is 0.533. The molecule has 2 aliphatic rings. The van der Waals surface area contributed by atoms with Crippen LogP contribution in [-0.2, 0) is 15.0 Å². The van der Waals surface area contributed by atoms with Gasteiger partial charge in [-0.2, -0.15) is 5.26 Å². The lowest BCUT2D eigenvalue weighted by Gasteiger charge is -2.35. The monoisotopic (exact) mass is 501 g/mol. The maximum absolute atomic E-state index is 14.3. The molecule has 0 spiro atoms. The van der Waals surface area contributed by atoms with Crippen LogP contribution in [0.25, 0.3) is 0 Å². The molecule has 0 radical (unpaired) electrons. The first-order valence-corrected chi connectivity index (χ1v) is 13.5. The first-order valence-electron chi connectivity index (χ1n) is 13.5. The van der Waals surface area contributed by atoms with E-state index in [0.717, 1.165) is 31.2 Å². The highest BCUT2D eigenvalue weighted by molar-refractivity contribution is 6.04. The van der Waals surface area contributed by atoms with E-state index in [4.69, 9.17) is 0 Å². The van der Waals surface area contributed by atoms with Gasteiger partial charge in [-0.05, 0) is 54.4 Å². The van der Waals surface area contributed by atoms with Gasteiger partial charge in [-0.3, -0.25) is 24.4 Å². The van der Waals surface area contributed by atoms with Gasteiger partial charge in [0, 0.05) is 36.2 Å². The molecule has 0 unspecified atom stereocenters. The lowest BCUT2D eigenvalue weighted by Crippen LogP contribution is -2.51. The number of nitrogens with one attached hydrogen (secondary N) is 1. The van der Waals surface area contributed by atoms with Crippen molar-refractivity contribution in [3.05, 3.63) is 59.9 Å². The maximum atomic E-state index is 14.3. The lowest BCUT2D eigenvalue weighted by atomic mass is 9.87. The zero-order chi connectivity index (χ0) is 26.6. The van der Waals surface area contributed by atoms with Crippen molar-refractivity contribution < 1.29 is 9.59 Å². The van der Waals surface area contributed by atoms with E-state index >= 15 is 0 Å². The van der Waals surface area contributed by atoms with E-state index in [1.165, 1.54) is 6.42 Å². The molecular weight excluding hydrogens is 462 g/mol. The number of aromatic nitrogens is 1. The Hall–Kier alpha value is -3.40. The quantitative estimate of drug-likeness (QED) is 0.557. The van der Waals surface area contributed by atoms with Gasteiger partial charge in [0.15, 0.2) is 6.19 Å². The highest BCUT2D eigenvalue weighted by atomic mass is 16.2. The average Bonchev–Trinajstić information content (AvgIpc) is 3.28. The molecule has 7 heteroatoms. The Morgan fingerprint density at radius 1 is 1.14 bits per heavy atom. The van der Waals surface area contributed by atoms with Gasteiger partial charge in [0.2, 0.25) is 5.91 Å². The van der Waals surface area contributed by atoms with E-state index in [-0.39, 0.29) is 29.2 Å². The highest BCUT2D eigenvalue weighted by Gasteiger charge is 2.42. The van der Waals surface area contributed by atoms with Crippen molar-refractivity contribution in [3.8, 4) is 6.19 Å². The van der Waals surface area contributed by atoms with E-state index in [2.05, 4.69) is 44.2 Å². The summed E-state index contributed by atoms with van der Waals surface area (Å²) in [5.74, 6) is -0.226. The van der Waals surface area contributed by atoms with Crippen molar-refractivity contribution in [2.45, 2.75) is 89.8 Å². The molecule has 1 saturated carbocycles. The number of likely N-dealkylation sites (tertiary alicyclic amines) is 1. The Morgan fingerprint density at radius 2 is 1.84 bits per heavy atom. The Bertz CT molecular complexity index is 1110. The predicted octanol–water partition coefficient (Wildman–Crippen LogP) is 5.09. The van der Waals surface area contributed by atoms with Gasteiger partial charge in [0.05, 0.1) is 0 Å². The number of carbonyl (C=O) groups excluding carboxylic acids is 2. The maximum Gasteiger partial charge on any atom is 0.251 e. The molecule has 3 atom stereocenters. The van der Waals surface area contributed by atoms with Crippen molar-refractivity contribution in [2.24, 2.45) is 5.92 Å². The molecule has 2 fully saturated rings. The summed E-state index contributed by atoms with van der Waals surface area (Å²) in [7, 11) is 0. The fourth-order valence-electron chi connectivity index (χ4n) is 5.56. The predicted molar refractivity (Wildman–Crippen MR) is 145 cm³/mol. The molecule has 2 amide bonds. The Labute approximate surface area is 220 Å². The Morgan fingerprint density at radius 3 is 2.43 bits per heavy atom. The largest absolute Gasteiger partial charge is 0.351 e.